The third-order valence-electron chi connectivity index (χ3n) is 6.00. The Hall–Kier alpha value is -3.75. The number of piperidine rings is 1. The standard InChI is InChI=1S/C24H28N4O5/c1-14-7-5-9-25-22(14)27-23(29)15-8-6-10-28(13-15)24(30)17-11-16-18(31-2)12-19(32-3)21(33-4)20(16)26-17/h5,7,9,11-12,15,26H,6,8,10,13H2,1-4H3,(H,25,27,29). The molecule has 4 rings (SSSR count). The van der Waals surface area contributed by atoms with Crippen LogP contribution >= 0.6 is 0 Å². The van der Waals surface area contributed by atoms with E-state index >= 15 is 0 Å². The lowest BCUT2D eigenvalue weighted by Crippen LogP contribution is -2.44. The van der Waals surface area contributed by atoms with Crippen molar-refractivity contribution in [2.45, 2.75) is 19.8 Å². The van der Waals surface area contributed by atoms with E-state index in [0.717, 1.165) is 17.4 Å². The predicted octanol–water partition coefficient (Wildman–Crippen LogP) is 3.39. The highest BCUT2D eigenvalue weighted by atomic mass is 16.5. The van der Waals surface area contributed by atoms with Crippen molar-refractivity contribution in [2.24, 2.45) is 5.92 Å². The minimum absolute atomic E-state index is 0.126. The third-order valence-corrected chi connectivity index (χ3v) is 6.00. The molecular formula is C24H28N4O5. The van der Waals surface area contributed by atoms with Gasteiger partial charge in [-0.05, 0) is 37.5 Å². The van der Waals surface area contributed by atoms with Gasteiger partial charge >= 0.3 is 0 Å². The number of H-pyrrole nitrogens is 1. The average molecular weight is 453 g/mol. The number of methoxy groups -OCH3 is 3. The molecule has 2 amide bonds. The second-order valence-electron chi connectivity index (χ2n) is 8.03. The lowest BCUT2D eigenvalue weighted by Gasteiger charge is -2.31. The largest absolute Gasteiger partial charge is 0.496 e. The zero-order valence-electron chi connectivity index (χ0n) is 19.2. The molecule has 1 atom stereocenters. The number of hydrogen-bond donors (Lipinski definition) is 2. The number of aromatic nitrogens is 2. The highest BCUT2D eigenvalue weighted by Crippen LogP contribution is 2.41. The van der Waals surface area contributed by atoms with Crippen molar-refractivity contribution in [3.63, 3.8) is 0 Å². The fourth-order valence-corrected chi connectivity index (χ4v) is 4.23. The zero-order chi connectivity index (χ0) is 23.5. The van der Waals surface area contributed by atoms with Gasteiger partial charge in [0.25, 0.3) is 5.91 Å². The normalized spacial score (nSPS) is 15.9. The summed E-state index contributed by atoms with van der Waals surface area (Å²) in [6.45, 7) is 2.81. The van der Waals surface area contributed by atoms with Crippen LogP contribution in [0.2, 0.25) is 0 Å². The Morgan fingerprint density at radius 2 is 1.94 bits per heavy atom. The molecule has 0 radical (unpaired) electrons. The third kappa shape index (κ3) is 4.30. The van der Waals surface area contributed by atoms with Crippen LogP contribution in [0.5, 0.6) is 17.2 Å². The van der Waals surface area contributed by atoms with Gasteiger partial charge in [0.2, 0.25) is 5.91 Å². The molecule has 0 saturated carbocycles. The molecule has 2 N–H and O–H groups in total. The van der Waals surface area contributed by atoms with Crippen molar-refractivity contribution in [3.05, 3.63) is 41.7 Å². The molecule has 1 unspecified atom stereocenters. The van der Waals surface area contributed by atoms with E-state index in [1.54, 1.807) is 44.6 Å². The van der Waals surface area contributed by atoms with E-state index in [2.05, 4.69) is 15.3 Å². The molecular weight excluding hydrogens is 424 g/mol. The smallest absolute Gasteiger partial charge is 0.270 e. The topological polar surface area (TPSA) is 106 Å². The summed E-state index contributed by atoms with van der Waals surface area (Å²) in [6.07, 6.45) is 3.10. The van der Waals surface area contributed by atoms with Crippen molar-refractivity contribution < 1.29 is 23.8 Å². The molecule has 0 bridgehead atoms. The van der Waals surface area contributed by atoms with Gasteiger partial charge in [0, 0.05) is 30.7 Å². The number of carbonyl (C=O) groups excluding carboxylic acids is 2. The van der Waals surface area contributed by atoms with Crippen molar-refractivity contribution in [1.82, 2.24) is 14.9 Å². The van der Waals surface area contributed by atoms with Gasteiger partial charge in [0.05, 0.1) is 32.8 Å². The van der Waals surface area contributed by atoms with Crippen LogP contribution in [0, 0.1) is 12.8 Å². The summed E-state index contributed by atoms with van der Waals surface area (Å²) in [6, 6.07) is 7.20. The average Bonchev–Trinajstić information content (AvgIpc) is 3.29. The molecule has 1 aliphatic heterocycles. The molecule has 9 heteroatoms. The zero-order valence-corrected chi connectivity index (χ0v) is 19.2. The molecule has 0 aliphatic carbocycles. The van der Waals surface area contributed by atoms with E-state index in [4.69, 9.17) is 14.2 Å². The van der Waals surface area contributed by atoms with Crippen LogP contribution in [-0.2, 0) is 4.79 Å². The predicted molar refractivity (Wildman–Crippen MR) is 124 cm³/mol. The summed E-state index contributed by atoms with van der Waals surface area (Å²) >= 11 is 0. The van der Waals surface area contributed by atoms with E-state index < -0.39 is 0 Å². The molecule has 1 fully saturated rings. The number of carbonyl (C=O) groups is 2. The fraction of sp³-hybridized carbons (Fsp3) is 0.375. The summed E-state index contributed by atoms with van der Waals surface area (Å²) in [5.74, 6) is 1.50. The number of pyridine rings is 1. The number of nitrogens with zero attached hydrogens (tertiary/aromatic N) is 2. The molecule has 3 heterocycles. The second kappa shape index (κ2) is 9.40. The maximum Gasteiger partial charge on any atom is 0.270 e. The number of benzene rings is 1. The molecule has 1 aliphatic rings. The van der Waals surface area contributed by atoms with Crippen LogP contribution < -0.4 is 19.5 Å². The molecule has 3 aromatic rings. The minimum atomic E-state index is -0.308. The SMILES string of the molecule is COc1cc(OC)c2cc(C(=O)N3CCCC(C(=O)Nc4ncccc4C)C3)[nH]c2c1OC. The van der Waals surface area contributed by atoms with Crippen LogP contribution in [0.4, 0.5) is 5.82 Å². The Labute approximate surface area is 192 Å². The molecule has 9 nitrogen and oxygen atoms in total. The number of ether oxygens (including phenoxy) is 3. The molecule has 1 saturated heterocycles. The first kappa shape index (κ1) is 22.4. The number of amides is 2. The molecule has 0 spiro atoms. The number of likely N-dealkylation sites (tertiary alicyclic amines) is 1. The highest BCUT2D eigenvalue weighted by Gasteiger charge is 2.30. The first-order chi connectivity index (χ1) is 16.0. The molecule has 33 heavy (non-hydrogen) atoms. The van der Waals surface area contributed by atoms with E-state index in [9.17, 15) is 9.59 Å². The minimum Gasteiger partial charge on any atom is -0.496 e. The van der Waals surface area contributed by atoms with Crippen LogP contribution in [0.15, 0.2) is 30.5 Å². The number of aryl methyl sites for hydroxylation is 1. The van der Waals surface area contributed by atoms with Gasteiger partial charge < -0.3 is 29.4 Å². The van der Waals surface area contributed by atoms with E-state index in [-0.39, 0.29) is 17.7 Å². The Morgan fingerprint density at radius 3 is 2.64 bits per heavy atom. The number of hydrogen-bond acceptors (Lipinski definition) is 6. The Balaban J connectivity index is 1.56. The van der Waals surface area contributed by atoms with E-state index in [0.29, 0.717) is 53.8 Å². The lowest BCUT2D eigenvalue weighted by molar-refractivity contribution is -0.121. The van der Waals surface area contributed by atoms with Gasteiger partial charge in [-0.25, -0.2) is 4.98 Å². The van der Waals surface area contributed by atoms with Crippen LogP contribution in [0.1, 0.15) is 28.9 Å². The summed E-state index contributed by atoms with van der Waals surface area (Å²) in [4.78, 5) is 35.3. The van der Waals surface area contributed by atoms with Crippen molar-refractivity contribution in [3.8, 4) is 17.2 Å². The summed E-state index contributed by atoms with van der Waals surface area (Å²) < 4.78 is 16.4. The van der Waals surface area contributed by atoms with Gasteiger partial charge in [-0.1, -0.05) is 6.07 Å². The van der Waals surface area contributed by atoms with Gasteiger partial charge in [0.1, 0.15) is 17.3 Å². The monoisotopic (exact) mass is 452 g/mol. The first-order valence-electron chi connectivity index (χ1n) is 10.8. The van der Waals surface area contributed by atoms with E-state index in [1.807, 2.05) is 19.1 Å². The lowest BCUT2D eigenvalue weighted by atomic mass is 9.96. The Bertz CT molecular complexity index is 1190. The number of aromatic amines is 1. The summed E-state index contributed by atoms with van der Waals surface area (Å²) in [7, 11) is 4.65. The first-order valence-corrected chi connectivity index (χ1v) is 10.8. The van der Waals surface area contributed by atoms with Gasteiger partial charge in [-0.15, -0.1) is 0 Å². The maximum atomic E-state index is 13.3. The maximum absolute atomic E-state index is 13.3. The number of anilines is 1. The van der Waals surface area contributed by atoms with Gasteiger partial charge in [-0.2, -0.15) is 0 Å². The van der Waals surface area contributed by atoms with E-state index in [1.165, 1.54) is 0 Å². The van der Waals surface area contributed by atoms with Crippen molar-refractivity contribution in [2.75, 3.05) is 39.7 Å². The van der Waals surface area contributed by atoms with Crippen LogP contribution in [-0.4, -0.2) is 61.1 Å². The number of rotatable bonds is 6. The molecule has 1 aromatic carbocycles. The number of nitrogens with one attached hydrogen (secondary N) is 2. The molecule has 2 aromatic heterocycles. The summed E-state index contributed by atoms with van der Waals surface area (Å²) in [5, 5.41) is 3.62. The second-order valence-corrected chi connectivity index (χ2v) is 8.03. The number of fused-ring (bicyclic) bond motifs is 1. The van der Waals surface area contributed by atoms with Crippen LogP contribution in [0.3, 0.4) is 0 Å². The highest BCUT2D eigenvalue weighted by molar-refractivity contribution is 6.02. The van der Waals surface area contributed by atoms with Crippen molar-refractivity contribution in [1.29, 1.82) is 0 Å². The van der Waals surface area contributed by atoms with Crippen LogP contribution in [0.25, 0.3) is 10.9 Å². The van der Waals surface area contributed by atoms with Gasteiger partial charge in [0.15, 0.2) is 11.5 Å². The van der Waals surface area contributed by atoms with Gasteiger partial charge in [-0.3, -0.25) is 9.59 Å². The quantitative estimate of drug-likeness (QED) is 0.594. The molecule has 174 valence electrons. The fourth-order valence-electron chi connectivity index (χ4n) is 4.23. The van der Waals surface area contributed by atoms with Crippen molar-refractivity contribution >= 4 is 28.5 Å². The Morgan fingerprint density at radius 1 is 1.15 bits per heavy atom. The Kier molecular flexibility index (Phi) is 6.39. The summed E-state index contributed by atoms with van der Waals surface area (Å²) in [5.41, 5.74) is 1.91.